The molecule has 0 bridgehead atoms. The molecule has 2 nitrogen and oxygen atoms in total. The molecule has 0 heterocycles. The SMILES string of the molecule is CCCNC1CCCCC1CN(C)C(C)CC(C)C. The second-order valence-electron chi connectivity index (χ2n) is 7.02. The Labute approximate surface area is 121 Å². The Morgan fingerprint density at radius 2 is 1.84 bits per heavy atom. The van der Waals surface area contributed by atoms with Crippen LogP contribution in [0.15, 0.2) is 0 Å². The number of hydrogen-bond acceptors (Lipinski definition) is 2. The van der Waals surface area contributed by atoms with Crippen LogP contribution in [0.2, 0.25) is 0 Å². The lowest BCUT2D eigenvalue weighted by Crippen LogP contribution is -2.45. The highest BCUT2D eigenvalue weighted by Crippen LogP contribution is 2.26. The van der Waals surface area contributed by atoms with Crippen LogP contribution in [0.4, 0.5) is 0 Å². The zero-order valence-electron chi connectivity index (χ0n) is 13.9. The van der Waals surface area contributed by atoms with Gasteiger partial charge < -0.3 is 10.2 Å². The second-order valence-corrected chi connectivity index (χ2v) is 7.02. The lowest BCUT2D eigenvalue weighted by Gasteiger charge is -2.37. The third-order valence-corrected chi connectivity index (χ3v) is 4.65. The van der Waals surface area contributed by atoms with Gasteiger partial charge >= 0.3 is 0 Å². The number of rotatable bonds is 8. The highest BCUT2D eigenvalue weighted by atomic mass is 15.1. The van der Waals surface area contributed by atoms with Crippen molar-refractivity contribution in [3.63, 3.8) is 0 Å². The zero-order valence-corrected chi connectivity index (χ0v) is 13.9. The van der Waals surface area contributed by atoms with Gasteiger partial charge in [0.1, 0.15) is 0 Å². The largest absolute Gasteiger partial charge is 0.314 e. The van der Waals surface area contributed by atoms with Gasteiger partial charge in [-0.15, -0.1) is 0 Å². The predicted octanol–water partition coefficient (Wildman–Crippen LogP) is 3.91. The maximum Gasteiger partial charge on any atom is 0.0107 e. The van der Waals surface area contributed by atoms with Crippen LogP contribution in [0, 0.1) is 11.8 Å². The summed E-state index contributed by atoms with van der Waals surface area (Å²) in [5.74, 6) is 1.66. The van der Waals surface area contributed by atoms with Crippen molar-refractivity contribution in [1.29, 1.82) is 0 Å². The molecule has 1 saturated carbocycles. The molecule has 0 aromatic rings. The van der Waals surface area contributed by atoms with Crippen LogP contribution < -0.4 is 5.32 Å². The van der Waals surface area contributed by atoms with E-state index in [4.69, 9.17) is 0 Å². The van der Waals surface area contributed by atoms with Crippen LogP contribution in [0.5, 0.6) is 0 Å². The zero-order chi connectivity index (χ0) is 14.3. The molecular formula is C17H36N2. The van der Waals surface area contributed by atoms with E-state index in [2.05, 4.69) is 45.0 Å². The number of nitrogens with one attached hydrogen (secondary N) is 1. The van der Waals surface area contributed by atoms with Gasteiger partial charge in [0.25, 0.3) is 0 Å². The van der Waals surface area contributed by atoms with E-state index in [1.165, 1.54) is 51.6 Å². The highest BCUT2D eigenvalue weighted by molar-refractivity contribution is 4.83. The minimum absolute atomic E-state index is 0.716. The first-order valence-corrected chi connectivity index (χ1v) is 8.48. The van der Waals surface area contributed by atoms with Crippen LogP contribution in [-0.4, -0.2) is 37.1 Å². The first kappa shape index (κ1) is 17.0. The molecule has 1 N–H and O–H groups in total. The maximum absolute atomic E-state index is 3.78. The summed E-state index contributed by atoms with van der Waals surface area (Å²) in [5.41, 5.74) is 0. The minimum Gasteiger partial charge on any atom is -0.314 e. The maximum atomic E-state index is 3.78. The fourth-order valence-corrected chi connectivity index (χ4v) is 3.44. The molecule has 0 saturated heterocycles. The van der Waals surface area contributed by atoms with Gasteiger partial charge in [0.15, 0.2) is 0 Å². The van der Waals surface area contributed by atoms with E-state index in [0.29, 0.717) is 6.04 Å². The van der Waals surface area contributed by atoms with Crippen molar-refractivity contribution in [2.45, 2.75) is 78.3 Å². The van der Waals surface area contributed by atoms with Crippen molar-refractivity contribution in [1.82, 2.24) is 10.2 Å². The second kappa shape index (κ2) is 8.97. The molecule has 114 valence electrons. The quantitative estimate of drug-likeness (QED) is 0.718. The fraction of sp³-hybridized carbons (Fsp3) is 1.00. The molecule has 0 spiro atoms. The Hall–Kier alpha value is -0.0800. The van der Waals surface area contributed by atoms with Crippen LogP contribution in [0.3, 0.4) is 0 Å². The summed E-state index contributed by atoms with van der Waals surface area (Å²) in [6.45, 7) is 11.8. The number of hydrogen-bond donors (Lipinski definition) is 1. The molecule has 2 heteroatoms. The molecule has 0 aromatic heterocycles. The Kier molecular flexibility index (Phi) is 8.01. The molecule has 3 unspecified atom stereocenters. The molecule has 3 atom stereocenters. The van der Waals surface area contributed by atoms with Crippen LogP contribution in [0.1, 0.15) is 66.2 Å². The molecular weight excluding hydrogens is 232 g/mol. The van der Waals surface area contributed by atoms with Crippen LogP contribution >= 0.6 is 0 Å². The summed E-state index contributed by atoms with van der Waals surface area (Å²) >= 11 is 0. The van der Waals surface area contributed by atoms with Crippen molar-refractivity contribution in [2.24, 2.45) is 11.8 Å². The first-order valence-electron chi connectivity index (χ1n) is 8.48. The van der Waals surface area contributed by atoms with Gasteiger partial charge in [0, 0.05) is 18.6 Å². The number of nitrogens with zero attached hydrogens (tertiary/aromatic N) is 1. The van der Waals surface area contributed by atoms with Crippen LogP contribution in [-0.2, 0) is 0 Å². The van der Waals surface area contributed by atoms with E-state index in [0.717, 1.165) is 17.9 Å². The van der Waals surface area contributed by atoms with Gasteiger partial charge in [0.05, 0.1) is 0 Å². The summed E-state index contributed by atoms with van der Waals surface area (Å²) in [6, 6.07) is 1.48. The Morgan fingerprint density at radius 1 is 1.16 bits per heavy atom. The van der Waals surface area contributed by atoms with Gasteiger partial charge in [-0.1, -0.05) is 33.6 Å². The lowest BCUT2D eigenvalue weighted by atomic mass is 9.83. The normalized spacial score (nSPS) is 26.1. The molecule has 1 aliphatic carbocycles. The van der Waals surface area contributed by atoms with E-state index >= 15 is 0 Å². The van der Waals surface area contributed by atoms with Gasteiger partial charge in [0.2, 0.25) is 0 Å². The molecule has 19 heavy (non-hydrogen) atoms. The van der Waals surface area contributed by atoms with Crippen molar-refractivity contribution in [3.05, 3.63) is 0 Å². The van der Waals surface area contributed by atoms with Gasteiger partial charge in [-0.3, -0.25) is 0 Å². The summed E-state index contributed by atoms with van der Waals surface area (Å²) < 4.78 is 0. The smallest absolute Gasteiger partial charge is 0.0107 e. The van der Waals surface area contributed by atoms with E-state index < -0.39 is 0 Å². The standard InChI is InChI=1S/C17H36N2/c1-6-11-18-17-10-8-7-9-16(17)13-19(5)15(4)12-14(2)3/h14-18H,6-13H2,1-5H3. The van der Waals surface area contributed by atoms with Crippen molar-refractivity contribution >= 4 is 0 Å². The monoisotopic (exact) mass is 268 g/mol. The Morgan fingerprint density at radius 3 is 2.47 bits per heavy atom. The Bertz CT molecular complexity index is 227. The average Bonchev–Trinajstić information content (AvgIpc) is 2.36. The molecule has 1 fully saturated rings. The predicted molar refractivity (Wildman–Crippen MR) is 85.6 cm³/mol. The minimum atomic E-state index is 0.716. The van der Waals surface area contributed by atoms with Crippen LogP contribution in [0.25, 0.3) is 0 Å². The van der Waals surface area contributed by atoms with Crippen molar-refractivity contribution < 1.29 is 0 Å². The van der Waals surface area contributed by atoms with E-state index in [1.807, 2.05) is 0 Å². The topological polar surface area (TPSA) is 15.3 Å². The lowest BCUT2D eigenvalue weighted by molar-refractivity contribution is 0.150. The summed E-state index contributed by atoms with van der Waals surface area (Å²) in [4.78, 5) is 2.59. The molecule has 1 aliphatic rings. The molecule has 1 rings (SSSR count). The highest BCUT2D eigenvalue weighted by Gasteiger charge is 2.26. The third-order valence-electron chi connectivity index (χ3n) is 4.65. The van der Waals surface area contributed by atoms with E-state index in [9.17, 15) is 0 Å². The summed E-state index contributed by atoms with van der Waals surface area (Å²) in [5, 5.41) is 3.78. The van der Waals surface area contributed by atoms with Gasteiger partial charge in [-0.05, 0) is 58.0 Å². The first-order chi connectivity index (χ1) is 9.04. The van der Waals surface area contributed by atoms with E-state index in [-0.39, 0.29) is 0 Å². The molecule has 0 aromatic carbocycles. The van der Waals surface area contributed by atoms with Gasteiger partial charge in [-0.25, -0.2) is 0 Å². The Balaban J connectivity index is 2.42. The fourth-order valence-electron chi connectivity index (χ4n) is 3.44. The van der Waals surface area contributed by atoms with Crippen molar-refractivity contribution in [2.75, 3.05) is 20.1 Å². The summed E-state index contributed by atoms with van der Waals surface area (Å²) in [6.07, 6.45) is 8.22. The van der Waals surface area contributed by atoms with Crippen molar-refractivity contribution in [3.8, 4) is 0 Å². The van der Waals surface area contributed by atoms with Gasteiger partial charge in [-0.2, -0.15) is 0 Å². The summed E-state index contributed by atoms with van der Waals surface area (Å²) in [7, 11) is 2.32. The molecule has 0 amide bonds. The molecule has 0 radical (unpaired) electrons. The third kappa shape index (κ3) is 6.27. The van der Waals surface area contributed by atoms with E-state index in [1.54, 1.807) is 0 Å². The molecule has 0 aliphatic heterocycles. The average molecular weight is 268 g/mol.